The minimum atomic E-state index is -1.52. The number of nitrogens with one attached hydrogen (secondary N) is 1. The lowest BCUT2D eigenvalue weighted by Crippen LogP contribution is -2.35. The number of ether oxygens (including phenoxy) is 2. The first kappa shape index (κ1) is 24.3. The van der Waals surface area contributed by atoms with Gasteiger partial charge in [0.15, 0.2) is 0 Å². The zero-order valence-electron chi connectivity index (χ0n) is 19.4. The largest absolute Gasteiger partial charge is 0.543 e. The fraction of sp³-hybridized carbons (Fsp3) is 0.0667. The van der Waals surface area contributed by atoms with Gasteiger partial charge in [-0.05, 0) is 41.5 Å². The molecule has 4 aromatic carbocycles. The van der Waals surface area contributed by atoms with E-state index in [1.54, 1.807) is 48.5 Å². The number of benzene rings is 4. The number of carboxylic acid groups (broad SMARTS) is 1. The first-order chi connectivity index (χ1) is 17.6. The summed E-state index contributed by atoms with van der Waals surface area (Å²) in [5.41, 5.74) is 2.35. The molecule has 0 aliphatic heterocycles. The first-order valence-electron chi connectivity index (χ1n) is 11.4. The van der Waals surface area contributed by atoms with Crippen molar-refractivity contribution >= 4 is 18.0 Å². The van der Waals surface area contributed by atoms with Crippen LogP contribution in [-0.2, 0) is 18.0 Å². The van der Waals surface area contributed by atoms with Gasteiger partial charge >= 0.3 is 0 Å². The van der Waals surface area contributed by atoms with Crippen LogP contribution in [0.3, 0.4) is 0 Å². The molecule has 0 saturated heterocycles. The summed E-state index contributed by atoms with van der Waals surface area (Å²) in [7, 11) is 0. The minimum Gasteiger partial charge on any atom is -0.543 e. The van der Waals surface area contributed by atoms with Crippen LogP contribution in [0.2, 0.25) is 0 Å². The highest BCUT2D eigenvalue weighted by Crippen LogP contribution is 2.28. The average Bonchev–Trinajstić information content (AvgIpc) is 2.92. The molecule has 6 heteroatoms. The summed E-state index contributed by atoms with van der Waals surface area (Å²) < 4.78 is 12.0. The third kappa shape index (κ3) is 6.84. The molecule has 0 unspecified atom stereocenters. The van der Waals surface area contributed by atoms with Crippen LogP contribution in [0.1, 0.15) is 27.0 Å². The van der Waals surface area contributed by atoms with Crippen LogP contribution in [-0.4, -0.2) is 11.9 Å². The molecule has 0 aliphatic carbocycles. The van der Waals surface area contributed by atoms with Gasteiger partial charge in [-0.15, -0.1) is 0 Å². The Kier molecular flexibility index (Phi) is 8.12. The smallest absolute Gasteiger partial charge is 0.255 e. The minimum absolute atomic E-state index is 0.265. The average molecular weight is 479 g/mol. The van der Waals surface area contributed by atoms with Crippen LogP contribution >= 0.6 is 0 Å². The second-order valence-corrected chi connectivity index (χ2v) is 7.91. The molecule has 36 heavy (non-hydrogen) atoms. The first-order valence-corrected chi connectivity index (χ1v) is 11.4. The fourth-order valence-corrected chi connectivity index (χ4v) is 3.41. The molecule has 0 heterocycles. The summed E-state index contributed by atoms with van der Waals surface area (Å²) in [5, 5.41) is 14.2. The number of aliphatic carboxylic acids is 1. The Balaban J connectivity index is 1.60. The van der Waals surface area contributed by atoms with E-state index in [0.717, 1.165) is 11.1 Å². The van der Waals surface area contributed by atoms with E-state index < -0.39 is 11.9 Å². The Morgan fingerprint density at radius 1 is 0.722 bits per heavy atom. The van der Waals surface area contributed by atoms with E-state index in [4.69, 9.17) is 9.47 Å². The van der Waals surface area contributed by atoms with Crippen LogP contribution in [0.25, 0.3) is 6.08 Å². The molecule has 180 valence electrons. The van der Waals surface area contributed by atoms with Crippen molar-refractivity contribution in [2.75, 3.05) is 0 Å². The number of amides is 1. The SMILES string of the molecule is O=C([O-])/C(=C\c1ccc(OCc2ccccc2)cc1OCc1ccccc1)NC(=O)c1ccccc1. The third-order valence-corrected chi connectivity index (χ3v) is 5.27. The molecular weight excluding hydrogens is 454 g/mol. The summed E-state index contributed by atoms with van der Waals surface area (Å²) in [6, 6.07) is 32.8. The van der Waals surface area contributed by atoms with Crippen LogP contribution in [0, 0.1) is 0 Å². The van der Waals surface area contributed by atoms with Crippen molar-refractivity contribution in [3.05, 3.63) is 137 Å². The molecule has 0 saturated carbocycles. The van der Waals surface area contributed by atoms with Gasteiger partial charge in [0.05, 0.1) is 11.7 Å². The van der Waals surface area contributed by atoms with E-state index in [1.807, 2.05) is 60.7 Å². The maximum Gasteiger partial charge on any atom is 0.255 e. The highest BCUT2D eigenvalue weighted by Gasteiger charge is 2.12. The van der Waals surface area contributed by atoms with E-state index in [-0.39, 0.29) is 12.3 Å². The maximum atomic E-state index is 12.5. The second-order valence-electron chi connectivity index (χ2n) is 7.91. The Bertz CT molecular complexity index is 1340. The van der Waals surface area contributed by atoms with E-state index in [1.165, 1.54) is 6.08 Å². The summed E-state index contributed by atoms with van der Waals surface area (Å²) >= 11 is 0. The van der Waals surface area contributed by atoms with Gasteiger partial charge in [0.2, 0.25) is 0 Å². The molecule has 1 amide bonds. The van der Waals surface area contributed by atoms with E-state index in [0.29, 0.717) is 29.2 Å². The quantitative estimate of drug-likeness (QED) is 0.342. The number of rotatable bonds is 10. The molecule has 0 bridgehead atoms. The number of carbonyl (C=O) groups excluding carboxylic acids is 2. The van der Waals surface area contributed by atoms with E-state index in [2.05, 4.69) is 5.32 Å². The van der Waals surface area contributed by atoms with Crippen molar-refractivity contribution in [1.29, 1.82) is 0 Å². The van der Waals surface area contributed by atoms with Crippen LogP contribution in [0.4, 0.5) is 0 Å². The summed E-state index contributed by atoms with van der Waals surface area (Å²) in [6.07, 6.45) is 1.32. The summed E-state index contributed by atoms with van der Waals surface area (Å²) in [5.74, 6) is -1.11. The standard InChI is InChI=1S/C30H25NO5/c32-29(24-14-8-3-9-15-24)31-27(30(33)34)18-25-16-17-26(35-20-22-10-4-1-5-11-22)19-28(25)36-21-23-12-6-2-7-13-23/h1-19H,20-21H2,(H,31,32)(H,33,34)/p-1/b27-18+. The van der Waals surface area contributed by atoms with Crippen LogP contribution in [0.5, 0.6) is 11.5 Å². The number of hydrogen-bond donors (Lipinski definition) is 1. The molecule has 4 aromatic rings. The Labute approximate surface area is 209 Å². The van der Waals surface area contributed by atoms with Crippen LogP contribution in [0.15, 0.2) is 115 Å². The normalized spacial score (nSPS) is 10.9. The van der Waals surface area contributed by atoms with Crippen molar-refractivity contribution in [3.63, 3.8) is 0 Å². The van der Waals surface area contributed by atoms with Crippen LogP contribution < -0.4 is 19.9 Å². The fourth-order valence-electron chi connectivity index (χ4n) is 3.41. The number of carbonyl (C=O) groups is 2. The Morgan fingerprint density at radius 3 is 1.86 bits per heavy atom. The lowest BCUT2D eigenvalue weighted by atomic mass is 10.1. The van der Waals surface area contributed by atoms with E-state index >= 15 is 0 Å². The van der Waals surface area contributed by atoms with Gasteiger partial charge in [-0.3, -0.25) is 4.79 Å². The van der Waals surface area contributed by atoms with E-state index in [9.17, 15) is 14.7 Å². The summed E-state index contributed by atoms with van der Waals surface area (Å²) in [6.45, 7) is 0.631. The molecular formula is C30H24NO5-. The lowest BCUT2D eigenvalue weighted by Gasteiger charge is -2.15. The zero-order valence-corrected chi connectivity index (χ0v) is 19.4. The van der Waals surface area contributed by atoms with Crippen molar-refractivity contribution in [1.82, 2.24) is 5.32 Å². The number of carboxylic acids is 1. The van der Waals surface area contributed by atoms with Gasteiger partial charge in [-0.2, -0.15) is 0 Å². The third-order valence-electron chi connectivity index (χ3n) is 5.27. The zero-order chi connectivity index (χ0) is 25.2. The Morgan fingerprint density at radius 2 is 1.28 bits per heavy atom. The van der Waals surface area contributed by atoms with Gasteiger partial charge in [0, 0.05) is 17.2 Å². The van der Waals surface area contributed by atoms with Gasteiger partial charge in [0.25, 0.3) is 5.91 Å². The molecule has 6 nitrogen and oxygen atoms in total. The van der Waals surface area contributed by atoms with Crippen molar-refractivity contribution in [3.8, 4) is 11.5 Å². The lowest BCUT2D eigenvalue weighted by molar-refractivity contribution is -0.299. The molecule has 0 fully saturated rings. The predicted octanol–water partition coefficient (Wildman–Crippen LogP) is 4.37. The highest BCUT2D eigenvalue weighted by atomic mass is 16.5. The van der Waals surface area contributed by atoms with Crippen molar-refractivity contribution in [2.45, 2.75) is 13.2 Å². The van der Waals surface area contributed by atoms with Crippen molar-refractivity contribution < 1.29 is 24.2 Å². The molecule has 0 aliphatic rings. The van der Waals surface area contributed by atoms with Gasteiger partial charge in [-0.25, -0.2) is 0 Å². The van der Waals surface area contributed by atoms with Gasteiger partial charge in [0.1, 0.15) is 24.7 Å². The van der Waals surface area contributed by atoms with Gasteiger partial charge in [-0.1, -0.05) is 78.9 Å². The molecule has 1 N–H and O–H groups in total. The molecule has 0 spiro atoms. The highest BCUT2D eigenvalue weighted by molar-refractivity contribution is 6.02. The molecule has 0 aromatic heterocycles. The van der Waals surface area contributed by atoms with Gasteiger partial charge < -0.3 is 24.7 Å². The predicted molar refractivity (Wildman–Crippen MR) is 135 cm³/mol. The Hall–Kier alpha value is -4.84. The topological polar surface area (TPSA) is 87.7 Å². The monoisotopic (exact) mass is 478 g/mol. The number of hydrogen-bond acceptors (Lipinski definition) is 5. The molecule has 4 rings (SSSR count). The second kappa shape index (κ2) is 12.0. The maximum absolute atomic E-state index is 12.5. The summed E-state index contributed by atoms with van der Waals surface area (Å²) in [4.78, 5) is 24.4. The van der Waals surface area contributed by atoms with Crippen molar-refractivity contribution in [2.24, 2.45) is 0 Å². The molecule has 0 radical (unpaired) electrons. The molecule has 0 atom stereocenters.